The van der Waals surface area contributed by atoms with E-state index in [-0.39, 0.29) is 11.8 Å². The second-order valence-electron chi connectivity index (χ2n) is 6.11. The fourth-order valence-corrected chi connectivity index (χ4v) is 3.11. The Hall–Kier alpha value is -1.06. The van der Waals surface area contributed by atoms with Crippen LogP contribution >= 0.6 is 0 Å². The van der Waals surface area contributed by atoms with E-state index in [9.17, 15) is 9.59 Å². The average molecular weight is 296 g/mol. The van der Waals surface area contributed by atoms with E-state index < -0.39 is 0 Å². The fourth-order valence-electron chi connectivity index (χ4n) is 3.11. The van der Waals surface area contributed by atoms with E-state index in [1.54, 1.807) is 6.92 Å². The molecular formula is C17H32N2O2. The first kappa shape index (κ1) is 18.0. The van der Waals surface area contributed by atoms with Gasteiger partial charge in [-0.25, -0.2) is 0 Å². The standard InChI is InChI=1S/C17H32N2O2/c1-4-6-8-12-18(15(3)20)14-11-17(21)19-13-9-7-10-16(19)5-2/h16H,4-14H2,1-3H3. The molecular weight excluding hydrogens is 264 g/mol. The summed E-state index contributed by atoms with van der Waals surface area (Å²) in [6.07, 6.45) is 8.33. The van der Waals surface area contributed by atoms with E-state index in [1.807, 2.05) is 9.80 Å². The number of piperidine rings is 1. The lowest BCUT2D eigenvalue weighted by atomic mass is 9.99. The van der Waals surface area contributed by atoms with Gasteiger partial charge in [-0.2, -0.15) is 0 Å². The van der Waals surface area contributed by atoms with Gasteiger partial charge in [-0.05, 0) is 32.1 Å². The Labute approximate surface area is 129 Å². The fraction of sp³-hybridized carbons (Fsp3) is 0.882. The maximum Gasteiger partial charge on any atom is 0.224 e. The van der Waals surface area contributed by atoms with Gasteiger partial charge >= 0.3 is 0 Å². The Morgan fingerprint density at radius 3 is 2.52 bits per heavy atom. The van der Waals surface area contributed by atoms with Crippen LogP contribution in [0.5, 0.6) is 0 Å². The van der Waals surface area contributed by atoms with Crippen molar-refractivity contribution in [3.05, 3.63) is 0 Å². The van der Waals surface area contributed by atoms with Crippen LogP contribution in [0.1, 0.15) is 72.1 Å². The van der Waals surface area contributed by atoms with Gasteiger partial charge in [0.25, 0.3) is 0 Å². The van der Waals surface area contributed by atoms with Crippen molar-refractivity contribution in [2.45, 2.75) is 78.2 Å². The number of nitrogens with zero attached hydrogens (tertiary/aromatic N) is 2. The molecule has 0 saturated carbocycles. The van der Waals surface area contributed by atoms with Crippen LogP contribution in [0, 0.1) is 0 Å². The Morgan fingerprint density at radius 2 is 1.90 bits per heavy atom. The number of unbranched alkanes of at least 4 members (excludes halogenated alkanes) is 2. The van der Waals surface area contributed by atoms with Gasteiger partial charge in [0.2, 0.25) is 11.8 Å². The number of carbonyl (C=O) groups excluding carboxylic acids is 2. The van der Waals surface area contributed by atoms with Crippen molar-refractivity contribution in [1.82, 2.24) is 9.80 Å². The van der Waals surface area contributed by atoms with Crippen LogP contribution in [0.3, 0.4) is 0 Å². The topological polar surface area (TPSA) is 40.6 Å². The minimum atomic E-state index is 0.0876. The molecule has 4 heteroatoms. The molecule has 0 aliphatic carbocycles. The molecule has 21 heavy (non-hydrogen) atoms. The number of amides is 2. The van der Waals surface area contributed by atoms with Crippen molar-refractivity contribution in [2.24, 2.45) is 0 Å². The zero-order valence-corrected chi connectivity index (χ0v) is 14.1. The summed E-state index contributed by atoms with van der Waals surface area (Å²) >= 11 is 0. The number of likely N-dealkylation sites (tertiary alicyclic amines) is 1. The van der Waals surface area contributed by atoms with Gasteiger partial charge in [0, 0.05) is 39.0 Å². The molecule has 0 bridgehead atoms. The molecule has 1 fully saturated rings. The van der Waals surface area contributed by atoms with Crippen molar-refractivity contribution in [2.75, 3.05) is 19.6 Å². The number of rotatable bonds is 8. The quantitative estimate of drug-likeness (QED) is 0.645. The van der Waals surface area contributed by atoms with Gasteiger partial charge in [-0.15, -0.1) is 0 Å². The third-order valence-electron chi connectivity index (χ3n) is 4.49. The number of hydrogen-bond acceptors (Lipinski definition) is 2. The minimum absolute atomic E-state index is 0.0876. The van der Waals surface area contributed by atoms with Crippen molar-refractivity contribution < 1.29 is 9.59 Å². The molecule has 1 atom stereocenters. The van der Waals surface area contributed by atoms with Crippen LogP contribution < -0.4 is 0 Å². The Bertz CT molecular complexity index is 331. The first-order valence-corrected chi connectivity index (χ1v) is 8.65. The lowest BCUT2D eigenvalue weighted by molar-refractivity contribution is -0.136. The third kappa shape index (κ3) is 6.06. The maximum atomic E-state index is 12.4. The zero-order valence-electron chi connectivity index (χ0n) is 14.1. The molecule has 122 valence electrons. The minimum Gasteiger partial charge on any atom is -0.342 e. The molecule has 0 radical (unpaired) electrons. The lowest BCUT2D eigenvalue weighted by Crippen LogP contribution is -2.44. The summed E-state index contributed by atoms with van der Waals surface area (Å²) in [5.41, 5.74) is 0. The summed E-state index contributed by atoms with van der Waals surface area (Å²) in [4.78, 5) is 27.9. The smallest absolute Gasteiger partial charge is 0.224 e. The van der Waals surface area contributed by atoms with Crippen LogP contribution in [-0.4, -0.2) is 47.3 Å². The highest BCUT2D eigenvalue weighted by Crippen LogP contribution is 2.20. The molecule has 2 amide bonds. The molecule has 1 rings (SSSR count). The van der Waals surface area contributed by atoms with Crippen LogP contribution in [0.2, 0.25) is 0 Å². The van der Waals surface area contributed by atoms with Crippen molar-refractivity contribution >= 4 is 11.8 Å². The largest absolute Gasteiger partial charge is 0.342 e. The predicted molar refractivity (Wildman–Crippen MR) is 86.0 cm³/mol. The number of hydrogen-bond donors (Lipinski definition) is 0. The van der Waals surface area contributed by atoms with Gasteiger partial charge < -0.3 is 9.80 Å². The van der Waals surface area contributed by atoms with Crippen LogP contribution in [-0.2, 0) is 9.59 Å². The highest BCUT2D eigenvalue weighted by atomic mass is 16.2. The molecule has 1 unspecified atom stereocenters. The molecule has 4 nitrogen and oxygen atoms in total. The highest BCUT2D eigenvalue weighted by molar-refractivity contribution is 5.78. The lowest BCUT2D eigenvalue weighted by Gasteiger charge is -2.35. The Kier molecular flexibility index (Phi) is 8.40. The molecule has 1 aliphatic heterocycles. The van der Waals surface area contributed by atoms with Crippen LogP contribution in [0.15, 0.2) is 0 Å². The monoisotopic (exact) mass is 296 g/mol. The molecule has 0 aromatic carbocycles. The SMILES string of the molecule is CCCCCN(CCC(=O)N1CCCCC1CC)C(C)=O. The van der Waals surface area contributed by atoms with Crippen molar-refractivity contribution in [3.8, 4) is 0 Å². The van der Waals surface area contributed by atoms with Crippen LogP contribution in [0.4, 0.5) is 0 Å². The molecule has 0 aromatic heterocycles. The molecule has 1 saturated heterocycles. The summed E-state index contributed by atoms with van der Waals surface area (Å²) in [5, 5.41) is 0. The molecule has 1 aliphatic rings. The van der Waals surface area contributed by atoms with E-state index in [4.69, 9.17) is 0 Å². The molecule has 0 spiro atoms. The average Bonchev–Trinajstić information content (AvgIpc) is 2.50. The van der Waals surface area contributed by atoms with Gasteiger partial charge in [0.15, 0.2) is 0 Å². The van der Waals surface area contributed by atoms with Gasteiger partial charge in [-0.3, -0.25) is 9.59 Å². The summed E-state index contributed by atoms with van der Waals surface area (Å²) in [5.74, 6) is 0.313. The first-order chi connectivity index (χ1) is 10.1. The normalized spacial score (nSPS) is 18.6. The number of carbonyl (C=O) groups is 2. The zero-order chi connectivity index (χ0) is 15.7. The van der Waals surface area contributed by atoms with E-state index in [1.165, 1.54) is 6.42 Å². The van der Waals surface area contributed by atoms with Gasteiger partial charge in [0.1, 0.15) is 0 Å². The Balaban J connectivity index is 2.42. The van der Waals surface area contributed by atoms with Crippen molar-refractivity contribution in [3.63, 3.8) is 0 Å². The molecule has 0 N–H and O–H groups in total. The maximum absolute atomic E-state index is 12.4. The van der Waals surface area contributed by atoms with Crippen molar-refractivity contribution in [1.29, 1.82) is 0 Å². The van der Waals surface area contributed by atoms with E-state index in [0.717, 1.165) is 51.6 Å². The van der Waals surface area contributed by atoms with Gasteiger partial charge in [-0.1, -0.05) is 26.7 Å². The van der Waals surface area contributed by atoms with E-state index in [2.05, 4.69) is 13.8 Å². The van der Waals surface area contributed by atoms with Crippen LogP contribution in [0.25, 0.3) is 0 Å². The third-order valence-corrected chi connectivity index (χ3v) is 4.49. The van der Waals surface area contributed by atoms with Gasteiger partial charge in [0.05, 0.1) is 0 Å². The van der Waals surface area contributed by atoms with E-state index >= 15 is 0 Å². The predicted octanol–water partition coefficient (Wildman–Crippen LogP) is 3.21. The Morgan fingerprint density at radius 1 is 1.14 bits per heavy atom. The summed E-state index contributed by atoms with van der Waals surface area (Å²) in [6.45, 7) is 8.17. The molecule has 1 heterocycles. The first-order valence-electron chi connectivity index (χ1n) is 8.65. The second kappa shape index (κ2) is 9.80. The second-order valence-corrected chi connectivity index (χ2v) is 6.11. The molecule has 0 aromatic rings. The summed E-state index contributed by atoms with van der Waals surface area (Å²) in [7, 11) is 0. The summed E-state index contributed by atoms with van der Waals surface area (Å²) < 4.78 is 0. The summed E-state index contributed by atoms with van der Waals surface area (Å²) in [6, 6.07) is 0.414. The highest BCUT2D eigenvalue weighted by Gasteiger charge is 2.25. The van der Waals surface area contributed by atoms with E-state index in [0.29, 0.717) is 19.0 Å².